The van der Waals surface area contributed by atoms with E-state index in [2.05, 4.69) is 9.97 Å². The van der Waals surface area contributed by atoms with Crippen molar-refractivity contribution in [3.05, 3.63) is 52.6 Å². The molecule has 0 radical (unpaired) electrons. The van der Waals surface area contributed by atoms with Crippen LogP contribution >= 0.6 is 0 Å². The van der Waals surface area contributed by atoms with E-state index in [1.54, 1.807) is 17.2 Å². The van der Waals surface area contributed by atoms with Gasteiger partial charge in [-0.3, -0.25) is 9.59 Å². The molecule has 1 atom stereocenters. The summed E-state index contributed by atoms with van der Waals surface area (Å²) in [4.78, 5) is 34.0. The molecule has 1 N–H and O–H groups in total. The number of pyridine rings is 2. The molecule has 2 aromatic rings. The molecule has 1 saturated heterocycles. The molecule has 0 unspecified atom stereocenters. The summed E-state index contributed by atoms with van der Waals surface area (Å²) >= 11 is 0. The Morgan fingerprint density at radius 3 is 2.92 bits per heavy atom. The fraction of sp³-hybridized carbons (Fsp3) is 0.353. The van der Waals surface area contributed by atoms with Crippen LogP contribution in [-0.4, -0.2) is 54.1 Å². The van der Waals surface area contributed by atoms with Crippen LogP contribution in [0.4, 0.5) is 5.82 Å². The van der Waals surface area contributed by atoms with E-state index < -0.39 is 0 Å². The average molecular weight is 328 g/mol. The van der Waals surface area contributed by atoms with E-state index in [0.29, 0.717) is 24.4 Å². The first-order valence-electron chi connectivity index (χ1n) is 7.81. The summed E-state index contributed by atoms with van der Waals surface area (Å²) in [5.41, 5.74) is 0.257. The maximum absolute atomic E-state index is 12.5. The summed E-state index contributed by atoms with van der Waals surface area (Å²) in [6.45, 7) is 1.14. The van der Waals surface area contributed by atoms with Crippen LogP contribution in [0.2, 0.25) is 0 Å². The molecule has 1 aliphatic rings. The molecule has 0 aromatic carbocycles. The molecule has 0 spiro atoms. The van der Waals surface area contributed by atoms with Crippen LogP contribution in [-0.2, 0) is 0 Å². The normalized spacial score (nSPS) is 16.9. The van der Waals surface area contributed by atoms with Crippen LogP contribution in [0.15, 0.2) is 41.5 Å². The standard InChI is InChI=1S/C17H20N4O3/c1-20(2)16-14(4-3-8-18-16)24-13-7-9-21(11-13)17(23)12-5-6-15(22)19-10-12/h3-6,8,10,13H,7,9,11H2,1-2H3,(H,19,22)/t13-/m0/s1. The maximum Gasteiger partial charge on any atom is 0.255 e. The van der Waals surface area contributed by atoms with Gasteiger partial charge < -0.3 is 19.5 Å². The van der Waals surface area contributed by atoms with Gasteiger partial charge in [0.25, 0.3) is 5.91 Å². The molecular formula is C17H20N4O3. The van der Waals surface area contributed by atoms with E-state index in [-0.39, 0.29) is 17.6 Å². The van der Waals surface area contributed by atoms with E-state index in [1.165, 1.54) is 12.3 Å². The van der Waals surface area contributed by atoms with Gasteiger partial charge in [-0.1, -0.05) is 0 Å². The molecule has 7 heteroatoms. The molecule has 0 saturated carbocycles. The highest BCUT2D eigenvalue weighted by Crippen LogP contribution is 2.27. The van der Waals surface area contributed by atoms with Crippen LogP contribution < -0.4 is 15.2 Å². The van der Waals surface area contributed by atoms with Crippen LogP contribution in [0.3, 0.4) is 0 Å². The van der Waals surface area contributed by atoms with E-state index in [4.69, 9.17) is 4.74 Å². The molecule has 1 fully saturated rings. The Balaban J connectivity index is 1.66. The Hall–Kier alpha value is -2.83. The number of anilines is 1. The summed E-state index contributed by atoms with van der Waals surface area (Å²) in [7, 11) is 3.83. The zero-order valence-corrected chi connectivity index (χ0v) is 13.7. The molecule has 1 aliphatic heterocycles. The first-order valence-corrected chi connectivity index (χ1v) is 7.81. The van der Waals surface area contributed by atoms with Crippen molar-refractivity contribution in [3.63, 3.8) is 0 Å². The highest BCUT2D eigenvalue weighted by Gasteiger charge is 2.29. The van der Waals surface area contributed by atoms with Crippen molar-refractivity contribution in [1.29, 1.82) is 0 Å². The van der Waals surface area contributed by atoms with E-state index in [0.717, 1.165) is 12.2 Å². The average Bonchev–Trinajstić information content (AvgIpc) is 3.04. The van der Waals surface area contributed by atoms with Crippen LogP contribution in [0.1, 0.15) is 16.8 Å². The predicted molar refractivity (Wildman–Crippen MR) is 90.6 cm³/mol. The van der Waals surface area contributed by atoms with Crippen molar-refractivity contribution in [3.8, 4) is 5.75 Å². The lowest BCUT2D eigenvalue weighted by molar-refractivity contribution is 0.0772. The van der Waals surface area contributed by atoms with Gasteiger partial charge in [0.2, 0.25) is 5.56 Å². The molecular weight excluding hydrogens is 308 g/mol. The van der Waals surface area contributed by atoms with Gasteiger partial charge in [-0.25, -0.2) is 4.98 Å². The first kappa shape index (κ1) is 16.0. The van der Waals surface area contributed by atoms with Gasteiger partial charge in [-0.05, 0) is 18.2 Å². The third kappa shape index (κ3) is 3.40. The quantitative estimate of drug-likeness (QED) is 0.910. The van der Waals surface area contributed by atoms with Crippen molar-refractivity contribution in [2.45, 2.75) is 12.5 Å². The van der Waals surface area contributed by atoms with Crippen molar-refractivity contribution >= 4 is 11.7 Å². The summed E-state index contributed by atoms with van der Waals surface area (Å²) in [6.07, 6.45) is 3.86. The zero-order chi connectivity index (χ0) is 17.1. The lowest BCUT2D eigenvalue weighted by Gasteiger charge is -2.20. The summed E-state index contributed by atoms with van der Waals surface area (Å²) in [6, 6.07) is 6.62. The lowest BCUT2D eigenvalue weighted by Crippen LogP contribution is -2.31. The van der Waals surface area contributed by atoms with Crippen LogP contribution in [0.5, 0.6) is 5.75 Å². The van der Waals surface area contributed by atoms with Gasteiger partial charge in [0.15, 0.2) is 11.6 Å². The monoisotopic (exact) mass is 328 g/mol. The van der Waals surface area contributed by atoms with E-state index in [1.807, 2.05) is 31.1 Å². The second-order valence-electron chi connectivity index (χ2n) is 5.94. The number of H-pyrrole nitrogens is 1. The minimum atomic E-state index is -0.220. The number of hydrogen-bond acceptors (Lipinski definition) is 5. The largest absolute Gasteiger partial charge is 0.485 e. The Morgan fingerprint density at radius 2 is 2.21 bits per heavy atom. The molecule has 1 amide bonds. The number of carbonyl (C=O) groups is 1. The van der Waals surface area contributed by atoms with Crippen LogP contribution in [0.25, 0.3) is 0 Å². The zero-order valence-electron chi connectivity index (χ0n) is 13.7. The van der Waals surface area contributed by atoms with Gasteiger partial charge in [-0.2, -0.15) is 0 Å². The Bertz CT molecular complexity index is 767. The van der Waals surface area contributed by atoms with Crippen molar-refractivity contribution in [2.24, 2.45) is 0 Å². The molecule has 3 heterocycles. The first-order chi connectivity index (χ1) is 11.5. The fourth-order valence-corrected chi connectivity index (χ4v) is 2.72. The van der Waals surface area contributed by atoms with Gasteiger partial charge in [0, 0.05) is 45.5 Å². The second kappa shape index (κ2) is 6.74. The molecule has 3 rings (SSSR count). The Labute approximate surface area is 139 Å². The highest BCUT2D eigenvalue weighted by atomic mass is 16.5. The maximum atomic E-state index is 12.5. The molecule has 24 heavy (non-hydrogen) atoms. The number of hydrogen-bond donors (Lipinski definition) is 1. The smallest absolute Gasteiger partial charge is 0.255 e. The summed E-state index contributed by atoms with van der Waals surface area (Å²) in [5.74, 6) is 1.38. The number of ether oxygens (including phenoxy) is 1. The third-order valence-corrected chi connectivity index (χ3v) is 3.93. The molecule has 126 valence electrons. The van der Waals surface area contributed by atoms with Crippen LogP contribution in [0, 0.1) is 0 Å². The van der Waals surface area contributed by atoms with E-state index >= 15 is 0 Å². The number of likely N-dealkylation sites (tertiary alicyclic amines) is 1. The number of nitrogens with one attached hydrogen (secondary N) is 1. The minimum absolute atomic E-state index is 0.0698. The number of aromatic amines is 1. The SMILES string of the molecule is CN(C)c1ncccc1O[C@H]1CCN(C(=O)c2ccc(=O)[nH]c2)C1. The number of aromatic nitrogens is 2. The second-order valence-corrected chi connectivity index (χ2v) is 5.94. The number of amides is 1. The summed E-state index contributed by atoms with van der Waals surface area (Å²) < 4.78 is 6.05. The number of carbonyl (C=O) groups excluding carboxylic acids is 1. The van der Waals surface area contributed by atoms with Gasteiger partial charge in [0.1, 0.15) is 6.10 Å². The summed E-state index contributed by atoms with van der Waals surface area (Å²) in [5, 5.41) is 0. The highest BCUT2D eigenvalue weighted by molar-refractivity contribution is 5.94. The lowest BCUT2D eigenvalue weighted by atomic mass is 10.2. The van der Waals surface area contributed by atoms with Crippen molar-refractivity contribution in [2.75, 3.05) is 32.1 Å². The Kier molecular flexibility index (Phi) is 4.50. The number of nitrogens with zero attached hydrogens (tertiary/aromatic N) is 3. The van der Waals surface area contributed by atoms with E-state index in [9.17, 15) is 9.59 Å². The minimum Gasteiger partial charge on any atom is -0.485 e. The predicted octanol–water partition coefficient (Wildman–Crippen LogP) is 1.13. The molecule has 2 aromatic heterocycles. The third-order valence-electron chi connectivity index (χ3n) is 3.93. The number of rotatable bonds is 4. The molecule has 0 aliphatic carbocycles. The van der Waals surface area contributed by atoms with Gasteiger partial charge in [-0.15, -0.1) is 0 Å². The molecule has 7 nitrogen and oxygen atoms in total. The molecule has 0 bridgehead atoms. The topological polar surface area (TPSA) is 78.5 Å². The Morgan fingerprint density at radius 1 is 1.38 bits per heavy atom. The fourth-order valence-electron chi connectivity index (χ4n) is 2.72. The van der Waals surface area contributed by atoms with Gasteiger partial charge >= 0.3 is 0 Å². The van der Waals surface area contributed by atoms with Crippen molar-refractivity contribution < 1.29 is 9.53 Å². The van der Waals surface area contributed by atoms with Crippen molar-refractivity contribution in [1.82, 2.24) is 14.9 Å². The van der Waals surface area contributed by atoms with Gasteiger partial charge in [0.05, 0.1) is 12.1 Å².